The number of ether oxygens (including phenoxy) is 1. The SMILES string of the molecule is CCCCCCCOc1ccc(-c2cnc(-c3ccc(CC(NC(=O)c4ccc(C(C)(C)C)s4)C(=O)NC(CC(=O)O)C(=O)N4CCCC4)cc3)nc2)cc1. The molecule has 0 aliphatic carbocycles. The number of amides is 3. The lowest BCUT2D eigenvalue weighted by Crippen LogP contribution is -2.55. The normalized spacial score (nSPS) is 13.9. The van der Waals surface area contributed by atoms with Gasteiger partial charge in [-0.3, -0.25) is 19.2 Å². The van der Waals surface area contributed by atoms with Gasteiger partial charge in [0.05, 0.1) is 17.9 Å². The monoisotopic (exact) mass is 767 g/mol. The van der Waals surface area contributed by atoms with Gasteiger partial charge in [-0.2, -0.15) is 0 Å². The molecule has 4 aromatic rings. The van der Waals surface area contributed by atoms with Gasteiger partial charge >= 0.3 is 5.97 Å². The van der Waals surface area contributed by atoms with Gasteiger partial charge in [0.2, 0.25) is 11.8 Å². The van der Waals surface area contributed by atoms with E-state index in [-0.39, 0.29) is 11.8 Å². The van der Waals surface area contributed by atoms with Crippen LogP contribution in [0, 0.1) is 0 Å². The number of carbonyl (C=O) groups is 4. The molecular weight excluding hydrogens is 715 g/mol. The zero-order valence-electron chi connectivity index (χ0n) is 32.3. The van der Waals surface area contributed by atoms with Gasteiger partial charge in [0.15, 0.2) is 5.82 Å². The highest BCUT2D eigenvalue weighted by atomic mass is 32.1. The van der Waals surface area contributed by atoms with Crippen molar-refractivity contribution in [1.82, 2.24) is 25.5 Å². The third-order valence-electron chi connectivity index (χ3n) is 9.61. The molecule has 55 heavy (non-hydrogen) atoms. The topological polar surface area (TPSA) is 151 Å². The molecule has 3 N–H and O–H groups in total. The summed E-state index contributed by atoms with van der Waals surface area (Å²) in [5, 5.41) is 15.1. The van der Waals surface area contributed by atoms with Crippen molar-refractivity contribution in [2.45, 2.75) is 103 Å². The second-order valence-electron chi connectivity index (χ2n) is 15.1. The molecule has 0 bridgehead atoms. The quantitative estimate of drug-likeness (QED) is 0.0885. The number of unbranched alkanes of at least 4 members (excludes halogenated alkanes) is 4. The molecule has 1 aliphatic rings. The van der Waals surface area contributed by atoms with Crippen LogP contribution in [0.5, 0.6) is 5.75 Å². The number of nitrogens with one attached hydrogen (secondary N) is 2. The molecule has 5 rings (SSSR count). The Hall–Kier alpha value is -5.10. The smallest absolute Gasteiger partial charge is 0.305 e. The first kappa shape index (κ1) is 41.1. The molecule has 3 heterocycles. The van der Waals surface area contributed by atoms with E-state index in [1.165, 1.54) is 37.0 Å². The van der Waals surface area contributed by atoms with Crippen LogP contribution in [-0.4, -0.2) is 75.4 Å². The average Bonchev–Trinajstić information content (AvgIpc) is 3.90. The predicted molar refractivity (Wildman–Crippen MR) is 215 cm³/mol. The zero-order valence-corrected chi connectivity index (χ0v) is 33.1. The van der Waals surface area contributed by atoms with Crippen molar-refractivity contribution in [2.75, 3.05) is 19.7 Å². The molecule has 1 aliphatic heterocycles. The maximum Gasteiger partial charge on any atom is 0.305 e. The first-order chi connectivity index (χ1) is 26.4. The number of rotatable bonds is 18. The molecule has 0 radical (unpaired) electrons. The van der Waals surface area contributed by atoms with Crippen molar-refractivity contribution < 1.29 is 29.0 Å². The van der Waals surface area contributed by atoms with E-state index in [0.29, 0.717) is 30.4 Å². The van der Waals surface area contributed by atoms with Gasteiger partial charge in [-0.25, -0.2) is 9.97 Å². The molecule has 2 atom stereocenters. The van der Waals surface area contributed by atoms with E-state index in [2.05, 4.69) is 48.3 Å². The van der Waals surface area contributed by atoms with Gasteiger partial charge in [-0.1, -0.05) is 89.8 Å². The largest absolute Gasteiger partial charge is 0.494 e. The highest BCUT2D eigenvalue weighted by Crippen LogP contribution is 2.30. The number of aliphatic carboxylic acids is 1. The minimum absolute atomic E-state index is 0.103. The maximum atomic E-state index is 13.8. The number of nitrogens with zero attached hydrogens (tertiary/aromatic N) is 3. The molecule has 1 saturated heterocycles. The van der Waals surface area contributed by atoms with Crippen LogP contribution in [-0.2, 0) is 26.2 Å². The number of hydrogen-bond donors (Lipinski definition) is 3. The molecule has 292 valence electrons. The van der Waals surface area contributed by atoms with Crippen LogP contribution in [0.4, 0.5) is 0 Å². The summed E-state index contributed by atoms with van der Waals surface area (Å²) in [6, 6.07) is 16.6. The molecule has 12 heteroatoms. The van der Waals surface area contributed by atoms with Gasteiger partial charge in [0, 0.05) is 47.9 Å². The Kier molecular flexibility index (Phi) is 14.5. The Morgan fingerprint density at radius 1 is 0.818 bits per heavy atom. The van der Waals surface area contributed by atoms with E-state index in [4.69, 9.17) is 4.74 Å². The number of aromatic nitrogens is 2. The second-order valence-corrected chi connectivity index (χ2v) is 16.2. The fraction of sp³-hybridized carbons (Fsp3) is 0.442. The number of hydrogen-bond acceptors (Lipinski definition) is 8. The number of carbonyl (C=O) groups excluding carboxylic acids is 3. The van der Waals surface area contributed by atoms with Crippen LogP contribution in [0.25, 0.3) is 22.5 Å². The van der Waals surface area contributed by atoms with Crippen LogP contribution in [0.15, 0.2) is 73.1 Å². The summed E-state index contributed by atoms with van der Waals surface area (Å²) in [5.74, 6) is -1.32. The summed E-state index contributed by atoms with van der Waals surface area (Å²) in [6.45, 7) is 10.1. The fourth-order valence-electron chi connectivity index (χ4n) is 6.40. The third-order valence-corrected chi connectivity index (χ3v) is 11.1. The Bertz CT molecular complexity index is 1880. The highest BCUT2D eigenvalue weighted by Gasteiger charge is 2.33. The summed E-state index contributed by atoms with van der Waals surface area (Å²) in [7, 11) is 0. The maximum absolute atomic E-state index is 13.8. The molecule has 0 spiro atoms. The van der Waals surface area contributed by atoms with Crippen LogP contribution < -0.4 is 15.4 Å². The van der Waals surface area contributed by atoms with Gasteiger partial charge in [-0.05, 0) is 60.1 Å². The Morgan fingerprint density at radius 3 is 2.09 bits per heavy atom. The molecule has 3 amide bonds. The lowest BCUT2D eigenvalue weighted by atomic mass is 9.95. The van der Waals surface area contributed by atoms with Gasteiger partial charge in [0.1, 0.15) is 17.8 Å². The molecule has 1 fully saturated rings. The Morgan fingerprint density at radius 2 is 1.47 bits per heavy atom. The lowest BCUT2D eigenvalue weighted by Gasteiger charge is -2.25. The molecule has 11 nitrogen and oxygen atoms in total. The van der Waals surface area contributed by atoms with E-state index < -0.39 is 42.2 Å². The second kappa shape index (κ2) is 19.5. The average molecular weight is 768 g/mol. The Balaban J connectivity index is 1.27. The van der Waals surface area contributed by atoms with Crippen molar-refractivity contribution in [1.29, 1.82) is 0 Å². The van der Waals surface area contributed by atoms with E-state index in [9.17, 15) is 24.3 Å². The number of thiophene rings is 1. The molecule has 2 unspecified atom stereocenters. The van der Waals surface area contributed by atoms with E-state index >= 15 is 0 Å². The van der Waals surface area contributed by atoms with Gasteiger partial charge in [0.25, 0.3) is 5.91 Å². The number of carboxylic acid groups (broad SMARTS) is 1. The number of benzene rings is 2. The molecule has 2 aromatic heterocycles. The van der Waals surface area contributed by atoms with Crippen molar-refractivity contribution in [3.05, 3.63) is 88.4 Å². The van der Waals surface area contributed by atoms with Crippen LogP contribution in [0.2, 0.25) is 0 Å². The van der Waals surface area contributed by atoms with Crippen molar-refractivity contribution in [3.63, 3.8) is 0 Å². The van der Waals surface area contributed by atoms with E-state index in [0.717, 1.165) is 52.1 Å². The highest BCUT2D eigenvalue weighted by molar-refractivity contribution is 7.14. The molecule has 2 aromatic carbocycles. The van der Waals surface area contributed by atoms with Gasteiger partial charge < -0.3 is 25.4 Å². The third kappa shape index (κ3) is 11.9. The van der Waals surface area contributed by atoms with Crippen LogP contribution in [0.3, 0.4) is 0 Å². The van der Waals surface area contributed by atoms with Crippen molar-refractivity contribution >= 4 is 35.0 Å². The minimum atomic E-state index is -1.25. The van der Waals surface area contributed by atoms with E-state index in [1.54, 1.807) is 23.4 Å². The first-order valence-corrected chi connectivity index (χ1v) is 20.1. The Labute approximate surface area is 327 Å². The van der Waals surface area contributed by atoms with E-state index in [1.807, 2.05) is 54.6 Å². The summed E-state index contributed by atoms with van der Waals surface area (Å²) < 4.78 is 5.90. The van der Waals surface area contributed by atoms with Crippen molar-refractivity contribution in [2.24, 2.45) is 0 Å². The zero-order chi connectivity index (χ0) is 39.4. The summed E-state index contributed by atoms with van der Waals surface area (Å²) in [5.41, 5.74) is 3.22. The van der Waals surface area contributed by atoms with Crippen LogP contribution in [0.1, 0.15) is 99.2 Å². The minimum Gasteiger partial charge on any atom is -0.494 e. The number of likely N-dealkylation sites (tertiary alicyclic amines) is 1. The summed E-state index contributed by atoms with van der Waals surface area (Å²) in [6.07, 6.45) is 10.7. The molecule has 0 saturated carbocycles. The first-order valence-electron chi connectivity index (χ1n) is 19.3. The molecular formula is C43H53N5O6S. The predicted octanol–water partition coefficient (Wildman–Crippen LogP) is 7.44. The van der Waals surface area contributed by atoms with Gasteiger partial charge in [-0.15, -0.1) is 11.3 Å². The van der Waals surface area contributed by atoms with Crippen molar-refractivity contribution in [3.8, 4) is 28.3 Å². The number of carboxylic acids is 1. The summed E-state index contributed by atoms with van der Waals surface area (Å²) in [4.78, 5) is 64.5. The summed E-state index contributed by atoms with van der Waals surface area (Å²) >= 11 is 1.36. The fourth-order valence-corrected chi connectivity index (χ4v) is 7.36. The van der Waals surface area contributed by atoms with Crippen LogP contribution >= 0.6 is 11.3 Å². The lowest BCUT2D eigenvalue weighted by molar-refractivity contribution is -0.143. The standard InChI is InChI=1S/C43H53N5O6S/c1-5-6-7-8-11-24-54-33-18-16-30(17-19-33)32-27-44-39(45-28-32)31-14-12-29(13-15-31)25-34(46-41(52)36-20-21-37(55-36)43(2,3)4)40(51)47-35(26-38(49)50)42(53)48-22-9-10-23-48/h12-21,27-28,34-35H,5-11,22-26H2,1-4H3,(H,46,52)(H,47,51)(H,49,50).